The summed E-state index contributed by atoms with van der Waals surface area (Å²) in [7, 11) is -2.35. The number of likely N-dealkylation sites (tertiary alicyclic amines) is 1. The number of nitrogens with one attached hydrogen (secondary N) is 1. The number of hydrogen-bond donors (Lipinski definition) is 1. The van der Waals surface area contributed by atoms with E-state index in [9.17, 15) is 27.6 Å². The molecule has 2 aromatic rings. The first kappa shape index (κ1) is 32.4. The summed E-state index contributed by atoms with van der Waals surface area (Å²) in [4.78, 5) is 56.4. The van der Waals surface area contributed by atoms with Gasteiger partial charge in [0, 0.05) is 37.1 Å². The van der Waals surface area contributed by atoms with Crippen molar-refractivity contribution in [1.29, 1.82) is 0 Å². The van der Waals surface area contributed by atoms with Crippen molar-refractivity contribution in [3.63, 3.8) is 0 Å². The van der Waals surface area contributed by atoms with Crippen LogP contribution in [0.4, 0.5) is 0 Å². The molecule has 5 rings (SSSR count). The van der Waals surface area contributed by atoms with Gasteiger partial charge in [-0.05, 0) is 68.4 Å². The lowest BCUT2D eigenvalue weighted by molar-refractivity contribution is -0.146. The van der Waals surface area contributed by atoms with E-state index >= 15 is 0 Å². The van der Waals surface area contributed by atoms with Gasteiger partial charge in [0.2, 0.25) is 17.6 Å². The van der Waals surface area contributed by atoms with Crippen molar-refractivity contribution < 1.29 is 27.6 Å². The molecule has 3 unspecified atom stereocenters. The lowest BCUT2D eigenvalue weighted by Gasteiger charge is -2.29. The van der Waals surface area contributed by atoms with Crippen molar-refractivity contribution in [1.82, 2.24) is 15.1 Å². The monoisotopic (exact) mass is 661 g/mol. The lowest BCUT2D eigenvalue weighted by Crippen LogP contribution is -2.50. The molecule has 9 nitrogen and oxygen atoms in total. The van der Waals surface area contributed by atoms with Gasteiger partial charge in [-0.2, -0.15) is 0 Å². The maximum atomic E-state index is 14.2. The van der Waals surface area contributed by atoms with Crippen LogP contribution in [-0.4, -0.2) is 78.7 Å². The van der Waals surface area contributed by atoms with Gasteiger partial charge in [0.15, 0.2) is 9.84 Å². The van der Waals surface area contributed by atoms with Crippen LogP contribution in [0.5, 0.6) is 0 Å². The molecule has 3 atom stereocenters. The highest BCUT2D eigenvalue weighted by Gasteiger charge is 2.56. The molecule has 0 spiro atoms. The van der Waals surface area contributed by atoms with Crippen molar-refractivity contribution in [2.45, 2.75) is 92.0 Å². The van der Waals surface area contributed by atoms with Crippen LogP contribution in [0.15, 0.2) is 53.4 Å². The maximum absolute atomic E-state index is 14.2. The number of rotatable bonds is 12. The predicted octanol–water partition coefficient (Wildman–Crippen LogP) is 4.33. The largest absolute Gasteiger partial charge is 0.346 e. The number of Topliss-reactive ketones (excluding diaryl/α,β-unsaturated/α-hetero) is 1. The Bertz CT molecular complexity index is 1560. The summed E-state index contributed by atoms with van der Waals surface area (Å²) < 4.78 is 27.5. The van der Waals surface area contributed by atoms with Crippen molar-refractivity contribution in [2.24, 2.45) is 0 Å². The van der Waals surface area contributed by atoms with E-state index in [-0.39, 0.29) is 47.7 Å². The fourth-order valence-corrected chi connectivity index (χ4v) is 8.55. The van der Waals surface area contributed by atoms with Crippen LogP contribution in [-0.2, 0) is 34.4 Å². The van der Waals surface area contributed by atoms with Crippen LogP contribution in [0, 0.1) is 0 Å². The topological polar surface area (TPSA) is 121 Å². The number of carbonyl (C=O) groups excluding carboxylic acids is 4. The standard InChI is InChI=1S/C32H37Cl2N3O6S/c1-3-6-26(29(39)30(40)36(2)22-13-14-22)35-28(38)18-23-17-24(44(42,43)27-8-5-4-7-25(27)34)19-37(23)31(41)32(15-16-32)20-9-11-21(33)12-10-20/h4-5,7-12,22-24,26H,3,6,13-19H2,1-2H3,(H,35,38). The first-order valence-corrected chi connectivity index (χ1v) is 17.3. The van der Waals surface area contributed by atoms with Gasteiger partial charge in [0.05, 0.1) is 26.6 Å². The van der Waals surface area contributed by atoms with Crippen LogP contribution in [0.1, 0.15) is 63.9 Å². The van der Waals surface area contributed by atoms with Crippen LogP contribution in [0.3, 0.4) is 0 Å². The number of carbonyl (C=O) groups is 4. The van der Waals surface area contributed by atoms with Gasteiger partial charge in [0.1, 0.15) is 0 Å². The number of hydrogen-bond acceptors (Lipinski definition) is 6. The molecule has 2 aromatic carbocycles. The van der Waals surface area contributed by atoms with E-state index < -0.39 is 50.2 Å². The average molecular weight is 663 g/mol. The Hall–Kier alpha value is -2.95. The van der Waals surface area contributed by atoms with E-state index in [1.54, 1.807) is 43.4 Å². The summed E-state index contributed by atoms with van der Waals surface area (Å²) in [5.41, 5.74) is -0.0255. The number of amides is 3. The maximum Gasteiger partial charge on any atom is 0.292 e. The molecule has 12 heteroatoms. The number of benzene rings is 2. The first-order chi connectivity index (χ1) is 20.9. The van der Waals surface area contributed by atoms with E-state index in [0.717, 1.165) is 18.4 Å². The molecule has 2 aliphatic carbocycles. The summed E-state index contributed by atoms with van der Waals surface area (Å²) in [6.45, 7) is 1.76. The van der Waals surface area contributed by atoms with E-state index in [1.165, 1.54) is 21.9 Å². The molecular weight excluding hydrogens is 625 g/mol. The molecule has 2 saturated carbocycles. The highest BCUT2D eigenvalue weighted by Crippen LogP contribution is 2.51. The van der Waals surface area contributed by atoms with E-state index in [4.69, 9.17) is 23.2 Å². The number of halogens is 2. The molecule has 1 N–H and O–H groups in total. The average Bonchev–Trinajstić information content (AvgIpc) is 3.93. The Labute approximate surface area is 268 Å². The SMILES string of the molecule is CCCC(NC(=O)CC1CC(S(=O)(=O)c2ccccc2Cl)CN1C(=O)C1(c2ccc(Cl)cc2)CC1)C(=O)C(=O)N(C)C1CC1. The number of likely N-dealkylation sites (N-methyl/N-ethyl adjacent to an activating group) is 1. The Morgan fingerprint density at radius 1 is 1.05 bits per heavy atom. The molecule has 3 aliphatic rings. The molecule has 1 heterocycles. The summed E-state index contributed by atoms with van der Waals surface area (Å²) in [5, 5.41) is 2.38. The van der Waals surface area contributed by atoms with Gasteiger partial charge in [-0.3, -0.25) is 19.2 Å². The van der Waals surface area contributed by atoms with Gasteiger partial charge in [-0.25, -0.2) is 8.42 Å². The molecule has 3 amide bonds. The van der Waals surface area contributed by atoms with Gasteiger partial charge in [-0.1, -0.05) is 60.8 Å². The Balaban J connectivity index is 1.38. The smallest absolute Gasteiger partial charge is 0.292 e. The summed E-state index contributed by atoms with van der Waals surface area (Å²) in [6, 6.07) is 11.5. The molecule has 3 fully saturated rings. The van der Waals surface area contributed by atoms with E-state index in [0.29, 0.717) is 24.3 Å². The van der Waals surface area contributed by atoms with E-state index in [1.807, 2.05) is 6.92 Å². The van der Waals surface area contributed by atoms with Gasteiger partial charge < -0.3 is 15.1 Å². The quantitative estimate of drug-likeness (QED) is 0.338. The van der Waals surface area contributed by atoms with Crippen LogP contribution in [0.25, 0.3) is 0 Å². The van der Waals surface area contributed by atoms with E-state index in [2.05, 4.69) is 5.32 Å². The minimum Gasteiger partial charge on any atom is -0.346 e. The summed E-state index contributed by atoms with van der Waals surface area (Å²) in [5.74, 6) is -2.06. The number of ketones is 1. The van der Waals surface area contributed by atoms with Crippen LogP contribution >= 0.6 is 23.2 Å². The van der Waals surface area contributed by atoms with Gasteiger partial charge in [0.25, 0.3) is 5.91 Å². The minimum atomic E-state index is -3.95. The highest BCUT2D eigenvalue weighted by atomic mass is 35.5. The third-order valence-corrected chi connectivity index (χ3v) is 11.9. The third kappa shape index (κ3) is 6.53. The zero-order valence-electron chi connectivity index (χ0n) is 24.8. The van der Waals surface area contributed by atoms with Gasteiger partial charge >= 0.3 is 0 Å². The minimum absolute atomic E-state index is 0.0186. The van der Waals surface area contributed by atoms with Crippen molar-refractivity contribution in [3.8, 4) is 0 Å². The second-order valence-corrected chi connectivity index (χ2v) is 15.2. The Kier molecular flexibility index (Phi) is 9.44. The molecule has 0 radical (unpaired) electrons. The highest BCUT2D eigenvalue weighted by molar-refractivity contribution is 7.92. The van der Waals surface area contributed by atoms with Crippen molar-refractivity contribution in [2.75, 3.05) is 13.6 Å². The molecule has 0 bridgehead atoms. The number of sulfone groups is 1. The Morgan fingerprint density at radius 3 is 2.30 bits per heavy atom. The second kappa shape index (κ2) is 12.8. The fourth-order valence-electron chi connectivity index (χ4n) is 6.17. The first-order valence-electron chi connectivity index (χ1n) is 15.0. The summed E-state index contributed by atoms with van der Waals surface area (Å²) in [6.07, 6.45) is 3.54. The molecule has 44 heavy (non-hydrogen) atoms. The molecule has 236 valence electrons. The molecule has 0 aromatic heterocycles. The van der Waals surface area contributed by atoms with Crippen molar-refractivity contribution in [3.05, 3.63) is 64.1 Å². The summed E-state index contributed by atoms with van der Waals surface area (Å²) >= 11 is 12.4. The normalized spacial score (nSPS) is 21.4. The van der Waals surface area contributed by atoms with Crippen molar-refractivity contribution >= 4 is 56.5 Å². The zero-order chi connectivity index (χ0) is 31.8. The van der Waals surface area contributed by atoms with Crippen LogP contribution in [0.2, 0.25) is 10.0 Å². The second-order valence-electron chi connectivity index (χ2n) is 12.2. The Morgan fingerprint density at radius 2 is 1.70 bits per heavy atom. The molecule has 1 aliphatic heterocycles. The molecular formula is C32H37Cl2N3O6S. The van der Waals surface area contributed by atoms with Crippen LogP contribution < -0.4 is 5.32 Å². The lowest BCUT2D eigenvalue weighted by atomic mass is 9.93. The third-order valence-electron chi connectivity index (χ3n) is 9.05. The number of nitrogens with zero attached hydrogens (tertiary/aromatic N) is 2. The van der Waals surface area contributed by atoms with Gasteiger partial charge in [-0.15, -0.1) is 0 Å². The predicted molar refractivity (Wildman–Crippen MR) is 167 cm³/mol. The molecule has 1 saturated heterocycles. The fraction of sp³-hybridized carbons (Fsp3) is 0.500. The zero-order valence-corrected chi connectivity index (χ0v) is 27.1.